The standard InChI is InChI=1S/C9H12N4S2/c1-13(2)9-12-8(6(3-10)15-9)7-4-11-5-14-7/h4-5H,3,10H2,1-2H3. The van der Waals surface area contributed by atoms with Gasteiger partial charge in [-0.05, 0) is 0 Å². The molecule has 0 fully saturated rings. The van der Waals surface area contributed by atoms with Crippen LogP contribution in [0, 0.1) is 0 Å². The van der Waals surface area contributed by atoms with E-state index in [9.17, 15) is 0 Å². The summed E-state index contributed by atoms with van der Waals surface area (Å²) in [6.07, 6.45) is 1.83. The maximum absolute atomic E-state index is 5.71. The molecule has 0 aliphatic rings. The van der Waals surface area contributed by atoms with Crippen molar-refractivity contribution in [2.45, 2.75) is 6.54 Å². The highest BCUT2D eigenvalue weighted by Crippen LogP contribution is 2.33. The highest BCUT2D eigenvalue weighted by Gasteiger charge is 2.13. The molecule has 2 heterocycles. The molecule has 0 unspecified atom stereocenters. The number of thiazole rings is 2. The summed E-state index contributed by atoms with van der Waals surface area (Å²) in [5, 5.41) is 0.985. The van der Waals surface area contributed by atoms with Crippen molar-refractivity contribution in [2.24, 2.45) is 5.73 Å². The molecular formula is C9H12N4S2. The first kappa shape index (κ1) is 10.5. The Labute approximate surface area is 96.4 Å². The van der Waals surface area contributed by atoms with E-state index in [0.717, 1.165) is 20.6 Å². The first-order chi connectivity index (χ1) is 7.22. The third-order valence-electron chi connectivity index (χ3n) is 1.92. The van der Waals surface area contributed by atoms with Gasteiger partial charge in [-0.2, -0.15) is 0 Å². The molecule has 4 nitrogen and oxygen atoms in total. The van der Waals surface area contributed by atoms with E-state index < -0.39 is 0 Å². The van der Waals surface area contributed by atoms with Crippen LogP contribution in [0.15, 0.2) is 11.7 Å². The van der Waals surface area contributed by atoms with Gasteiger partial charge < -0.3 is 10.6 Å². The van der Waals surface area contributed by atoms with E-state index in [2.05, 4.69) is 9.97 Å². The van der Waals surface area contributed by atoms with E-state index in [1.807, 2.05) is 30.7 Å². The fourth-order valence-corrected chi connectivity index (χ4v) is 2.77. The lowest BCUT2D eigenvalue weighted by atomic mass is 10.3. The van der Waals surface area contributed by atoms with Crippen LogP contribution in [-0.4, -0.2) is 24.1 Å². The van der Waals surface area contributed by atoms with E-state index in [1.54, 1.807) is 22.7 Å². The van der Waals surface area contributed by atoms with Crippen molar-refractivity contribution in [3.63, 3.8) is 0 Å². The molecule has 0 bridgehead atoms. The molecule has 0 spiro atoms. The van der Waals surface area contributed by atoms with Gasteiger partial charge in [-0.3, -0.25) is 4.98 Å². The highest BCUT2D eigenvalue weighted by molar-refractivity contribution is 7.17. The lowest BCUT2D eigenvalue weighted by Gasteiger charge is -2.05. The molecule has 0 saturated carbocycles. The van der Waals surface area contributed by atoms with Gasteiger partial charge in [0.05, 0.1) is 16.1 Å². The van der Waals surface area contributed by atoms with Crippen LogP contribution < -0.4 is 10.6 Å². The van der Waals surface area contributed by atoms with Crippen molar-refractivity contribution < 1.29 is 0 Å². The first-order valence-electron chi connectivity index (χ1n) is 4.48. The fourth-order valence-electron chi connectivity index (χ4n) is 1.19. The molecule has 0 saturated heterocycles. The minimum absolute atomic E-state index is 0.527. The lowest BCUT2D eigenvalue weighted by Crippen LogP contribution is -2.07. The molecule has 6 heteroatoms. The SMILES string of the molecule is CN(C)c1nc(-c2cncs2)c(CN)s1. The molecule has 0 aliphatic carbocycles. The third-order valence-corrected chi connectivity index (χ3v) is 3.94. The Balaban J connectivity index is 2.46. The Bertz CT molecular complexity index is 433. The quantitative estimate of drug-likeness (QED) is 0.888. The van der Waals surface area contributed by atoms with Crippen molar-refractivity contribution in [1.82, 2.24) is 9.97 Å². The zero-order valence-corrected chi connectivity index (χ0v) is 10.2. The second-order valence-electron chi connectivity index (χ2n) is 3.23. The maximum atomic E-state index is 5.71. The predicted octanol–water partition coefficient (Wildman–Crippen LogP) is 1.79. The summed E-state index contributed by atoms with van der Waals surface area (Å²) in [7, 11) is 3.96. The van der Waals surface area contributed by atoms with Crippen LogP contribution in [0.25, 0.3) is 10.6 Å². The van der Waals surface area contributed by atoms with Crippen molar-refractivity contribution in [3.05, 3.63) is 16.6 Å². The van der Waals surface area contributed by atoms with Gasteiger partial charge in [0.15, 0.2) is 5.13 Å². The molecule has 0 radical (unpaired) electrons. The predicted molar refractivity (Wildman–Crippen MR) is 65.4 cm³/mol. The van der Waals surface area contributed by atoms with E-state index in [-0.39, 0.29) is 0 Å². The molecule has 0 amide bonds. The summed E-state index contributed by atoms with van der Waals surface area (Å²) in [6.45, 7) is 0.527. The fraction of sp³-hybridized carbons (Fsp3) is 0.333. The summed E-state index contributed by atoms with van der Waals surface area (Å²) in [6, 6.07) is 0. The smallest absolute Gasteiger partial charge is 0.185 e. The molecule has 15 heavy (non-hydrogen) atoms. The first-order valence-corrected chi connectivity index (χ1v) is 6.18. The van der Waals surface area contributed by atoms with Gasteiger partial charge in [0.2, 0.25) is 0 Å². The van der Waals surface area contributed by atoms with Crippen LogP contribution in [0.3, 0.4) is 0 Å². The van der Waals surface area contributed by atoms with Gasteiger partial charge in [-0.25, -0.2) is 4.98 Å². The molecule has 0 atom stereocenters. The van der Waals surface area contributed by atoms with Crippen molar-refractivity contribution >= 4 is 27.8 Å². The number of hydrogen-bond donors (Lipinski definition) is 1. The monoisotopic (exact) mass is 240 g/mol. The number of nitrogens with two attached hydrogens (primary N) is 1. The van der Waals surface area contributed by atoms with Crippen LogP contribution in [0.5, 0.6) is 0 Å². The van der Waals surface area contributed by atoms with Gasteiger partial charge in [-0.1, -0.05) is 11.3 Å². The van der Waals surface area contributed by atoms with Gasteiger partial charge in [0.1, 0.15) is 0 Å². The second kappa shape index (κ2) is 4.26. The Kier molecular flexibility index (Phi) is 2.99. The zero-order valence-electron chi connectivity index (χ0n) is 8.60. The molecule has 2 rings (SSSR count). The molecule has 2 aromatic rings. The molecule has 2 N–H and O–H groups in total. The zero-order chi connectivity index (χ0) is 10.8. The minimum Gasteiger partial charge on any atom is -0.354 e. The summed E-state index contributed by atoms with van der Waals surface area (Å²) in [5.74, 6) is 0. The topological polar surface area (TPSA) is 55.0 Å². The van der Waals surface area contributed by atoms with Crippen LogP contribution in [0.1, 0.15) is 4.88 Å². The second-order valence-corrected chi connectivity index (χ2v) is 5.18. The summed E-state index contributed by atoms with van der Waals surface area (Å²) in [4.78, 5) is 12.8. The lowest BCUT2D eigenvalue weighted by molar-refractivity contribution is 1.09. The Hall–Kier alpha value is -0.980. The van der Waals surface area contributed by atoms with Gasteiger partial charge in [0.25, 0.3) is 0 Å². The van der Waals surface area contributed by atoms with E-state index >= 15 is 0 Å². The van der Waals surface area contributed by atoms with Gasteiger partial charge in [0, 0.05) is 31.7 Å². The Morgan fingerprint density at radius 3 is 2.80 bits per heavy atom. The Morgan fingerprint density at radius 1 is 1.47 bits per heavy atom. The van der Waals surface area contributed by atoms with Gasteiger partial charge >= 0.3 is 0 Å². The van der Waals surface area contributed by atoms with Crippen LogP contribution in [-0.2, 0) is 6.54 Å². The van der Waals surface area contributed by atoms with E-state index in [0.29, 0.717) is 6.54 Å². The van der Waals surface area contributed by atoms with E-state index in [4.69, 9.17) is 5.73 Å². The number of nitrogens with zero attached hydrogens (tertiary/aromatic N) is 3. The maximum Gasteiger partial charge on any atom is 0.185 e. The van der Waals surface area contributed by atoms with Crippen LogP contribution in [0.2, 0.25) is 0 Å². The van der Waals surface area contributed by atoms with Crippen LogP contribution in [0.4, 0.5) is 5.13 Å². The molecular weight excluding hydrogens is 228 g/mol. The highest BCUT2D eigenvalue weighted by atomic mass is 32.1. The van der Waals surface area contributed by atoms with Crippen molar-refractivity contribution in [1.29, 1.82) is 0 Å². The normalized spacial score (nSPS) is 10.6. The molecule has 80 valence electrons. The molecule has 2 aromatic heterocycles. The van der Waals surface area contributed by atoms with Crippen LogP contribution >= 0.6 is 22.7 Å². The average molecular weight is 240 g/mol. The van der Waals surface area contributed by atoms with Crippen molar-refractivity contribution in [2.75, 3.05) is 19.0 Å². The number of rotatable bonds is 3. The third kappa shape index (κ3) is 2.01. The number of aromatic nitrogens is 2. The largest absolute Gasteiger partial charge is 0.354 e. The average Bonchev–Trinajstić information content (AvgIpc) is 2.86. The number of anilines is 1. The molecule has 0 aliphatic heterocycles. The minimum atomic E-state index is 0.527. The summed E-state index contributed by atoms with van der Waals surface area (Å²) < 4.78 is 0. The summed E-state index contributed by atoms with van der Waals surface area (Å²) >= 11 is 3.22. The van der Waals surface area contributed by atoms with Gasteiger partial charge in [-0.15, -0.1) is 11.3 Å². The Morgan fingerprint density at radius 2 is 2.27 bits per heavy atom. The van der Waals surface area contributed by atoms with E-state index in [1.165, 1.54) is 0 Å². The van der Waals surface area contributed by atoms with Crippen molar-refractivity contribution in [3.8, 4) is 10.6 Å². The summed E-state index contributed by atoms with van der Waals surface area (Å²) in [5.41, 5.74) is 8.50. The number of hydrogen-bond acceptors (Lipinski definition) is 6. The molecule has 0 aromatic carbocycles.